The summed E-state index contributed by atoms with van der Waals surface area (Å²) in [5.74, 6) is -3.30. The normalized spacial score (nSPS) is 10.3. The molecule has 0 heterocycles. The number of benzene rings is 2. The Balaban J connectivity index is 2.35. The van der Waals surface area contributed by atoms with Crippen molar-refractivity contribution in [3.8, 4) is 11.5 Å². The van der Waals surface area contributed by atoms with E-state index in [-0.39, 0.29) is 22.6 Å². The molecule has 2 aromatic rings. The number of aromatic hydroxyl groups is 2. The van der Waals surface area contributed by atoms with Gasteiger partial charge in [-0.2, -0.15) is 0 Å². The smallest absolute Gasteiger partial charge is 0.256 e. The molecule has 0 aliphatic carbocycles. The van der Waals surface area contributed by atoms with Crippen LogP contribution in [0.2, 0.25) is 0 Å². The third kappa shape index (κ3) is 2.69. The van der Waals surface area contributed by atoms with E-state index < -0.39 is 23.2 Å². The van der Waals surface area contributed by atoms with Crippen LogP contribution in [0, 0.1) is 18.6 Å². The van der Waals surface area contributed by atoms with E-state index in [0.29, 0.717) is 0 Å². The third-order valence-corrected chi connectivity index (χ3v) is 2.69. The number of carbonyl (C=O) groups is 1. The Bertz CT molecular complexity index is 666. The summed E-state index contributed by atoms with van der Waals surface area (Å²) in [6.45, 7) is 1.44. The number of rotatable bonds is 2. The Morgan fingerprint density at radius 2 is 1.70 bits per heavy atom. The van der Waals surface area contributed by atoms with Gasteiger partial charge in [-0.05, 0) is 30.7 Å². The lowest BCUT2D eigenvalue weighted by Gasteiger charge is -2.09. The average Bonchev–Trinajstić information content (AvgIpc) is 2.38. The van der Waals surface area contributed by atoms with Crippen LogP contribution < -0.4 is 5.32 Å². The summed E-state index contributed by atoms with van der Waals surface area (Å²) in [7, 11) is 0. The average molecular weight is 279 g/mol. The van der Waals surface area contributed by atoms with E-state index in [1.54, 1.807) is 0 Å². The van der Waals surface area contributed by atoms with Gasteiger partial charge in [0.25, 0.3) is 5.91 Å². The number of carbonyl (C=O) groups excluding carboxylic acids is 1. The van der Waals surface area contributed by atoms with Crippen molar-refractivity contribution in [3.05, 3.63) is 53.1 Å². The monoisotopic (exact) mass is 279 g/mol. The molecule has 0 saturated carbocycles. The van der Waals surface area contributed by atoms with Crippen molar-refractivity contribution >= 4 is 11.6 Å². The molecule has 0 saturated heterocycles. The minimum absolute atomic E-state index is 0.122. The number of halogens is 2. The largest absolute Gasteiger partial charge is 0.508 e. The fourth-order valence-electron chi connectivity index (χ4n) is 1.68. The summed E-state index contributed by atoms with van der Waals surface area (Å²) in [6, 6.07) is 5.46. The molecule has 3 N–H and O–H groups in total. The fraction of sp³-hybridized carbons (Fsp3) is 0.0714. The third-order valence-electron chi connectivity index (χ3n) is 2.69. The van der Waals surface area contributed by atoms with Gasteiger partial charge in [-0.25, -0.2) is 8.78 Å². The summed E-state index contributed by atoms with van der Waals surface area (Å²) in [6.07, 6.45) is 0. The van der Waals surface area contributed by atoms with E-state index in [2.05, 4.69) is 5.32 Å². The van der Waals surface area contributed by atoms with E-state index in [1.807, 2.05) is 0 Å². The first kappa shape index (κ1) is 13.8. The Morgan fingerprint density at radius 3 is 2.30 bits per heavy atom. The van der Waals surface area contributed by atoms with Crippen LogP contribution in [-0.2, 0) is 0 Å². The molecular formula is C14H11F2NO3. The van der Waals surface area contributed by atoms with Gasteiger partial charge < -0.3 is 15.5 Å². The topological polar surface area (TPSA) is 69.6 Å². The molecule has 0 aromatic heterocycles. The van der Waals surface area contributed by atoms with Gasteiger partial charge in [0.05, 0.1) is 0 Å². The first-order chi connectivity index (χ1) is 9.38. The molecule has 0 atom stereocenters. The Kier molecular flexibility index (Phi) is 3.56. The molecule has 0 bridgehead atoms. The number of anilines is 1. The van der Waals surface area contributed by atoms with Gasteiger partial charge in [0.15, 0.2) is 5.82 Å². The van der Waals surface area contributed by atoms with Crippen LogP contribution in [0.3, 0.4) is 0 Å². The highest BCUT2D eigenvalue weighted by Gasteiger charge is 2.16. The zero-order valence-electron chi connectivity index (χ0n) is 10.4. The van der Waals surface area contributed by atoms with E-state index >= 15 is 0 Å². The van der Waals surface area contributed by atoms with Crippen LogP contribution in [-0.4, -0.2) is 16.1 Å². The Morgan fingerprint density at radius 1 is 1.10 bits per heavy atom. The van der Waals surface area contributed by atoms with Crippen LogP contribution in [0.4, 0.5) is 14.5 Å². The van der Waals surface area contributed by atoms with Gasteiger partial charge in [0, 0.05) is 11.6 Å². The van der Waals surface area contributed by atoms with Crippen molar-refractivity contribution in [2.75, 3.05) is 5.32 Å². The molecule has 20 heavy (non-hydrogen) atoms. The number of nitrogens with one attached hydrogen (secondary N) is 1. The molecule has 4 nitrogen and oxygen atoms in total. The van der Waals surface area contributed by atoms with Crippen molar-refractivity contribution in [3.63, 3.8) is 0 Å². The van der Waals surface area contributed by atoms with E-state index in [4.69, 9.17) is 0 Å². The Labute approximate surface area is 113 Å². The highest BCUT2D eigenvalue weighted by atomic mass is 19.1. The van der Waals surface area contributed by atoms with E-state index in [9.17, 15) is 23.8 Å². The maximum atomic E-state index is 13.7. The molecule has 1 amide bonds. The molecule has 0 fully saturated rings. The van der Waals surface area contributed by atoms with Crippen LogP contribution in [0.1, 0.15) is 15.9 Å². The number of phenolic OH excluding ortho intramolecular Hbond substituents is 2. The van der Waals surface area contributed by atoms with Crippen LogP contribution in [0.5, 0.6) is 11.5 Å². The summed E-state index contributed by atoms with van der Waals surface area (Å²) >= 11 is 0. The quantitative estimate of drug-likeness (QED) is 0.791. The van der Waals surface area contributed by atoms with Gasteiger partial charge >= 0.3 is 0 Å². The highest BCUT2D eigenvalue weighted by Crippen LogP contribution is 2.24. The number of phenols is 2. The van der Waals surface area contributed by atoms with Crippen molar-refractivity contribution in [1.29, 1.82) is 0 Å². The first-order valence-corrected chi connectivity index (χ1v) is 5.67. The second kappa shape index (κ2) is 5.16. The molecule has 0 radical (unpaired) electrons. The zero-order valence-corrected chi connectivity index (χ0v) is 10.4. The number of hydrogen-bond acceptors (Lipinski definition) is 3. The lowest BCUT2D eigenvalue weighted by molar-refractivity contribution is 0.102. The van der Waals surface area contributed by atoms with Gasteiger partial charge in [0.1, 0.15) is 23.0 Å². The molecule has 2 aromatic carbocycles. The summed E-state index contributed by atoms with van der Waals surface area (Å²) in [5, 5.41) is 20.6. The highest BCUT2D eigenvalue weighted by molar-refractivity contribution is 6.05. The van der Waals surface area contributed by atoms with Gasteiger partial charge in [-0.15, -0.1) is 0 Å². The van der Waals surface area contributed by atoms with E-state index in [0.717, 1.165) is 24.3 Å². The van der Waals surface area contributed by atoms with Crippen molar-refractivity contribution in [2.45, 2.75) is 6.92 Å². The molecule has 0 spiro atoms. The second-order valence-corrected chi connectivity index (χ2v) is 4.25. The lowest BCUT2D eigenvalue weighted by atomic mass is 10.1. The molecule has 2 rings (SSSR count). The van der Waals surface area contributed by atoms with Gasteiger partial charge in [0.2, 0.25) is 0 Å². The second-order valence-electron chi connectivity index (χ2n) is 4.25. The van der Waals surface area contributed by atoms with Crippen molar-refractivity contribution in [1.82, 2.24) is 0 Å². The predicted molar refractivity (Wildman–Crippen MR) is 68.8 cm³/mol. The number of aryl methyl sites for hydroxylation is 1. The van der Waals surface area contributed by atoms with Crippen molar-refractivity contribution in [2.24, 2.45) is 0 Å². The summed E-state index contributed by atoms with van der Waals surface area (Å²) in [4.78, 5) is 11.9. The first-order valence-electron chi connectivity index (χ1n) is 5.67. The summed E-state index contributed by atoms with van der Waals surface area (Å²) in [5.41, 5.74) is -0.513. The Hall–Kier alpha value is -2.63. The molecule has 0 unspecified atom stereocenters. The molecule has 104 valence electrons. The minimum Gasteiger partial charge on any atom is -0.508 e. The number of hydrogen-bond donors (Lipinski definition) is 3. The molecule has 6 heteroatoms. The molecular weight excluding hydrogens is 268 g/mol. The SMILES string of the molecule is Cc1ccc(F)c(NC(=O)c2cc(O)cc(O)c2)c1F. The summed E-state index contributed by atoms with van der Waals surface area (Å²) < 4.78 is 27.3. The fourth-order valence-corrected chi connectivity index (χ4v) is 1.68. The zero-order chi connectivity index (χ0) is 14.9. The van der Waals surface area contributed by atoms with E-state index in [1.165, 1.54) is 13.0 Å². The lowest BCUT2D eigenvalue weighted by Crippen LogP contribution is -2.14. The maximum Gasteiger partial charge on any atom is 0.256 e. The maximum absolute atomic E-state index is 13.7. The standard InChI is InChI=1S/C14H11F2NO3/c1-7-2-3-11(15)13(12(7)16)17-14(20)8-4-9(18)6-10(19)5-8/h2-6,18-19H,1H3,(H,17,20). The molecule has 0 aliphatic heterocycles. The van der Waals surface area contributed by atoms with Crippen molar-refractivity contribution < 1.29 is 23.8 Å². The van der Waals surface area contributed by atoms with Gasteiger partial charge in [-0.1, -0.05) is 6.07 Å². The van der Waals surface area contributed by atoms with Gasteiger partial charge in [-0.3, -0.25) is 4.79 Å². The molecule has 0 aliphatic rings. The minimum atomic E-state index is -0.911. The predicted octanol–water partition coefficient (Wildman–Crippen LogP) is 2.94. The van der Waals surface area contributed by atoms with Crippen LogP contribution in [0.15, 0.2) is 30.3 Å². The van der Waals surface area contributed by atoms with Crippen LogP contribution in [0.25, 0.3) is 0 Å². The van der Waals surface area contributed by atoms with Crippen LogP contribution >= 0.6 is 0 Å². The number of amides is 1.